The molecule has 1 aliphatic rings. The van der Waals surface area contributed by atoms with Crippen LogP contribution in [0.2, 0.25) is 0 Å². The molecule has 0 amide bonds. The third kappa shape index (κ3) is 3.01. The first kappa shape index (κ1) is 10.4. The third-order valence-corrected chi connectivity index (χ3v) is 2.12. The number of rotatable bonds is 3. The molecule has 1 N–H and O–H groups in total. The topological polar surface area (TPSA) is 80.4 Å². The molecule has 0 spiro atoms. The van der Waals surface area contributed by atoms with Crippen molar-refractivity contribution in [1.82, 2.24) is 0 Å². The lowest BCUT2D eigenvalue weighted by Crippen LogP contribution is -2.21. The van der Waals surface area contributed by atoms with Crippen molar-refractivity contribution in [3.63, 3.8) is 0 Å². The fraction of sp³-hybridized carbons (Fsp3) is 0.444. The van der Waals surface area contributed by atoms with Gasteiger partial charge in [0.05, 0.1) is 0 Å². The maximum atomic E-state index is 10.5. The molecule has 0 aromatic rings. The number of nitrogens with zero attached hydrogens (tertiary/aromatic N) is 1. The molecular weight excluding hydrogens is 186 g/mol. The maximum Gasteiger partial charge on any atom is 0.328 e. The lowest BCUT2D eigenvalue weighted by Gasteiger charge is -2.13. The standard InChI is InChI=1S/C9H11NO4/c11-9(12)5-4-7-2-1-3-8(6-7)10(13)14/h2,4-5,8H,1,3,6H2,(H,11,12)/t8-/m0/s1. The Morgan fingerprint density at radius 3 is 3.00 bits per heavy atom. The van der Waals surface area contributed by atoms with Crippen LogP contribution in [0.4, 0.5) is 0 Å². The number of hydrogen-bond acceptors (Lipinski definition) is 3. The Hall–Kier alpha value is -1.65. The minimum atomic E-state index is -1.03. The molecule has 0 heterocycles. The van der Waals surface area contributed by atoms with Crippen LogP contribution in [-0.4, -0.2) is 22.0 Å². The summed E-state index contributed by atoms with van der Waals surface area (Å²) in [6.45, 7) is 0. The second-order valence-electron chi connectivity index (χ2n) is 3.17. The minimum absolute atomic E-state index is 0.304. The van der Waals surface area contributed by atoms with Gasteiger partial charge >= 0.3 is 5.97 Å². The third-order valence-electron chi connectivity index (χ3n) is 2.12. The average Bonchev–Trinajstić information content (AvgIpc) is 2.15. The molecule has 5 heteroatoms. The van der Waals surface area contributed by atoms with Crippen LogP contribution in [0.15, 0.2) is 23.8 Å². The van der Waals surface area contributed by atoms with Gasteiger partial charge in [0.1, 0.15) is 0 Å². The Bertz CT molecular complexity index is 306. The normalized spacial score (nSPS) is 22.0. The predicted octanol–water partition coefficient (Wildman–Crippen LogP) is 1.38. The second-order valence-corrected chi connectivity index (χ2v) is 3.17. The van der Waals surface area contributed by atoms with E-state index < -0.39 is 12.0 Å². The summed E-state index contributed by atoms with van der Waals surface area (Å²) < 4.78 is 0. The largest absolute Gasteiger partial charge is 0.478 e. The molecule has 0 saturated carbocycles. The van der Waals surface area contributed by atoms with Crippen molar-refractivity contribution in [3.05, 3.63) is 33.9 Å². The summed E-state index contributed by atoms with van der Waals surface area (Å²) >= 11 is 0. The molecule has 0 bridgehead atoms. The molecule has 0 unspecified atom stereocenters. The van der Waals surface area contributed by atoms with Crippen molar-refractivity contribution in [3.8, 4) is 0 Å². The zero-order chi connectivity index (χ0) is 10.6. The SMILES string of the molecule is O=C(O)C=CC1=CCC[C@H]([N+](=O)[O-])C1. The Morgan fingerprint density at radius 2 is 2.43 bits per heavy atom. The van der Waals surface area contributed by atoms with Crippen molar-refractivity contribution >= 4 is 5.97 Å². The number of allylic oxidation sites excluding steroid dienone is 2. The van der Waals surface area contributed by atoms with E-state index in [-0.39, 0.29) is 4.92 Å². The lowest BCUT2D eigenvalue weighted by molar-refractivity contribution is -0.523. The summed E-state index contributed by atoms with van der Waals surface area (Å²) in [5.41, 5.74) is 0.736. The monoisotopic (exact) mass is 197 g/mol. The van der Waals surface area contributed by atoms with Crippen LogP contribution in [0.5, 0.6) is 0 Å². The molecule has 0 aliphatic heterocycles. The molecule has 1 atom stereocenters. The summed E-state index contributed by atoms with van der Waals surface area (Å²) in [5.74, 6) is -1.03. The van der Waals surface area contributed by atoms with E-state index in [4.69, 9.17) is 5.11 Å². The molecule has 0 saturated heterocycles. The van der Waals surface area contributed by atoms with Gasteiger partial charge in [-0.05, 0) is 12.0 Å². The fourth-order valence-corrected chi connectivity index (χ4v) is 1.41. The van der Waals surface area contributed by atoms with E-state index in [0.717, 1.165) is 11.6 Å². The number of nitro groups is 1. The zero-order valence-corrected chi connectivity index (χ0v) is 7.55. The molecule has 0 aromatic carbocycles. The van der Waals surface area contributed by atoms with Gasteiger partial charge in [0.2, 0.25) is 6.04 Å². The smallest absolute Gasteiger partial charge is 0.328 e. The van der Waals surface area contributed by atoms with E-state index in [1.807, 2.05) is 6.08 Å². The van der Waals surface area contributed by atoms with Gasteiger partial charge in [-0.1, -0.05) is 12.2 Å². The number of carboxylic acids is 1. The fourth-order valence-electron chi connectivity index (χ4n) is 1.41. The maximum absolute atomic E-state index is 10.5. The Morgan fingerprint density at radius 1 is 1.71 bits per heavy atom. The van der Waals surface area contributed by atoms with Crippen molar-refractivity contribution in [2.45, 2.75) is 25.3 Å². The average molecular weight is 197 g/mol. The van der Waals surface area contributed by atoms with Gasteiger partial charge in [0.25, 0.3) is 0 Å². The van der Waals surface area contributed by atoms with Crippen LogP contribution in [0.3, 0.4) is 0 Å². The van der Waals surface area contributed by atoms with Crippen LogP contribution in [-0.2, 0) is 4.79 Å². The summed E-state index contributed by atoms with van der Waals surface area (Å²) in [6.07, 6.45) is 5.80. The molecule has 76 valence electrons. The zero-order valence-electron chi connectivity index (χ0n) is 7.55. The lowest BCUT2D eigenvalue weighted by atomic mass is 9.95. The van der Waals surface area contributed by atoms with E-state index in [0.29, 0.717) is 19.3 Å². The Kier molecular flexibility index (Phi) is 3.39. The molecule has 1 aliphatic carbocycles. The highest BCUT2D eigenvalue weighted by Gasteiger charge is 2.23. The molecule has 0 radical (unpaired) electrons. The molecule has 14 heavy (non-hydrogen) atoms. The molecule has 5 nitrogen and oxygen atoms in total. The van der Waals surface area contributed by atoms with E-state index in [9.17, 15) is 14.9 Å². The van der Waals surface area contributed by atoms with Gasteiger partial charge in [-0.25, -0.2) is 4.79 Å². The Balaban J connectivity index is 2.59. The highest BCUT2D eigenvalue weighted by molar-refractivity contribution is 5.80. The first-order valence-electron chi connectivity index (χ1n) is 4.33. The van der Waals surface area contributed by atoms with E-state index in [1.54, 1.807) is 0 Å². The van der Waals surface area contributed by atoms with E-state index in [1.165, 1.54) is 6.08 Å². The molecular formula is C9H11NO4. The molecule has 0 aromatic heterocycles. The number of hydrogen-bond donors (Lipinski definition) is 1. The van der Waals surface area contributed by atoms with Gasteiger partial charge in [0.15, 0.2) is 0 Å². The summed E-state index contributed by atoms with van der Waals surface area (Å²) in [6, 6.07) is -0.562. The van der Waals surface area contributed by atoms with Crippen LogP contribution < -0.4 is 0 Å². The molecule has 1 rings (SSSR count). The van der Waals surface area contributed by atoms with E-state index in [2.05, 4.69) is 0 Å². The summed E-state index contributed by atoms with van der Waals surface area (Å²) in [7, 11) is 0. The predicted molar refractivity (Wildman–Crippen MR) is 49.5 cm³/mol. The summed E-state index contributed by atoms with van der Waals surface area (Å²) in [5, 5.41) is 18.8. The number of aliphatic carboxylic acids is 1. The van der Waals surface area contributed by atoms with Crippen molar-refractivity contribution < 1.29 is 14.8 Å². The minimum Gasteiger partial charge on any atom is -0.478 e. The van der Waals surface area contributed by atoms with Gasteiger partial charge in [0, 0.05) is 23.8 Å². The van der Waals surface area contributed by atoms with Crippen LogP contribution in [0, 0.1) is 10.1 Å². The highest BCUT2D eigenvalue weighted by Crippen LogP contribution is 2.21. The van der Waals surface area contributed by atoms with Crippen LogP contribution in [0.25, 0.3) is 0 Å². The highest BCUT2D eigenvalue weighted by atomic mass is 16.6. The second kappa shape index (κ2) is 4.55. The first-order valence-corrected chi connectivity index (χ1v) is 4.33. The first-order chi connectivity index (χ1) is 6.59. The molecule has 0 fully saturated rings. The van der Waals surface area contributed by atoms with Crippen LogP contribution >= 0.6 is 0 Å². The number of carbonyl (C=O) groups is 1. The van der Waals surface area contributed by atoms with Gasteiger partial charge in [-0.2, -0.15) is 0 Å². The van der Waals surface area contributed by atoms with Crippen LogP contribution in [0.1, 0.15) is 19.3 Å². The van der Waals surface area contributed by atoms with Gasteiger partial charge in [-0.3, -0.25) is 10.1 Å². The van der Waals surface area contributed by atoms with Gasteiger partial charge in [-0.15, -0.1) is 0 Å². The van der Waals surface area contributed by atoms with Gasteiger partial charge < -0.3 is 5.11 Å². The summed E-state index contributed by atoms with van der Waals surface area (Å²) in [4.78, 5) is 20.4. The van der Waals surface area contributed by atoms with Crippen molar-refractivity contribution in [2.24, 2.45) is 0 Å². The Labute approximate surface area is 80.9 Å². The van der Waals surface area contributed by atoms with Crippen molar-refractivity contribution in [1.29, 1.82) is 0 Å². The quantitative estimate of drug-likeness (QED) is 0.421. The number of carboxylic acid groups (broad SMARTS) is 1. The van der Waals surface area contributed by atoms with Crippen molar-refractivity contribution in [2.75, 3.05) is 0 Å². The van der Waals surface area contributed by atoms with E-state index >= 15 is 0 Å².